The summed E-state index contributed by atoms with van der Waals surface area (Å²) in [6.07, 6.45) is 2.45. The van der Waals surface area contributed by atoms with Crippen LogP contribution in [-0.4, -0.2) is 74.4 Å². The molecule has 0 amide bonds. The molecule has 0 bridgehead atoms. The first-order chi connectivity index (χ1) is 14.7. The van der Waals surface area contributed by atoms with Crippen molar-refractivity contribution in [3.05, 3.63) is 48.0 Å². The van der Waals surface area contributed by atoms with Crippen LogP contribution in [0.25, 0.3) is 0 Å². The number of nitrogens with zero attached hydrogens (tertiary/aromatic N) is 3. The number of phenolic OH excluding ortho intramolecular Hbond substituents is 1. The normalized spacial score (nSPS) is 20.9. The molecule has 6 nitrogen and oxygen atoms in total. The Morgan fingerprint density at radius 3 is 2.50 bits per heavy atom. The molecule has 1 N–H and O–H groups in total. The van der Waals surface area contributed by atoms with E-state index in [1.54, 1.807) is 20.3 Å². The molecule has 2 heterocycles. The third kappa shape index (κ3) is 4.65. The van der Waals surface area contributed by atoms with E-state index in [1.807, 2.05) is 24.3 Å². The zero-order valence-electron chi connectivity index (χ0n) is 18.1. The third-order valence-corrected chi connectivity index (χ3v) is 6.42. The topological polar surface area (TPSA) is 48.4 Å². The minimum atomic E-state index is 0.321. The van der Waals surface area contributed by atoms with Gasteiger partial charge in [0.1, 0.15) is 17.2 Å². The summed E-state index contributed by atoms with van der Waals surface area (Å²) in [4.78, 5) is 7.56. The fourth-order valence-electron chi connectivity index (χ4n) is 4.74. The van der Waals surface area contributed by atoms with Gasteiger partial charge in [0.15, 0.2) is 0 Å². The Morgan fingerprint density at radius 1 is 0.967 bits per heavy atom. The lowest BCUT2D eigenvalue weighted by Gasteiger charge is -2.44. The number of ether oxygens (including phenoxy) is 2. The number of phenols is 1. The number of aromatic hydroxyl groups is 1. The van der Waals surface area contributed by atoms with E-state index in [4.69, 9.17) is 9.47 Å². The van der Waals surface area contributed by atoms with Crippen LogP contribution in [0.2, 0.25) is 0 Å². The van der Waals surface area contributed by atoms with Crippen molar-refractivity contribution in [2.45, 2.75) is 25.4 Å². The van der Waals surface area contributed by atoms with Crippen LogP contribution in [0.5, 0.6) is 17.2 Å². The van der Waals surface area contributed by atoms with E-state index < -0.39 is 0 Å². The summed E-state index contributed by atoms with van der Waals surface area (Å²) in [5.74, 6) is 1.97. The number of anilines is 1. The molecule has 2 saturated heterocycles. The molecular weight excluding hydrogens is 378 g/mol. The molecule has 2 aliphatic heterocycles. The highest BCUT2D eigenvalue weighted by molar-refractivity contribution is 5.58. The number of para-hydroxylation sites is 2. The number of piperidine rings is 1. The van der Waals surface area contributed by atoms with Crippen molar-refractivity contribution in [2.75, 3.05) is 58.4 Å². The number of methoxy groups -OCH3 is 2. The summed E-state index contributed by atoms with van der Waals surface area (Å²) in [6, 6.07) is 14.5. The van der Waals surface area contributed by atoms with Crippen LogP contribution in [0.15, 0.2) is 42.5 Å². The molecular formula is C24H33N3O3. The van der Waals surface area contributed by atoms with Gasteiger partial charge < -0.3 is 19.5 Å². The van der Waals surface area contributed by atoms with Gasteiger partial charge >= 0.3 is 0 Å². The number of hydrogen-bond acceptors (Lipinski definition) is 6. The van der Waals surface area contributed by atoms with Crippen LogP contribution < -0.4 is 14.4 Å². The first kappa shape index (κ1) is 20.8. The van der Waals surface area contributed by atoms with E-state index in [0.717, 1.165) is 57.1 Å². The van der Waals surface area contributed by atoms with Gasteiger partial charge in [-0.2, -0.15) is 0 Å². The molecule has 1 atom stereocenters. The van der Waals surface area contributed by atoms with Crippen LogP contribution >= 0.6 is 0 Å². The number of rotatable bonds is 6. The lowest BCUT2D eigenvalue weighted by atomic mass is 10.0. The van der Waals surface area contributed by atoms with Crippen LogP contribution in [0.4, 0.5) is 5.69 Å². The van der Waals surface area contributed by atoms with Crippen LogP contribution in [0, 0.1) is 0 Å². The number of likely N-dealkylation sites (tertiary alicyclic amines) is 1. The lowest BCUT2D eigenvalue weighted by molar-refractivity contribution is 0.0882. The molecule has 0 aliphatic carbocycles. The Bertz CT molecular complexity index is 836. The van der Waals surface area contributed by atoms with Crippen molar-refractivity contribution in [2.24, 2.45) is 0 Å². The molecule has 2 aromatic rings. The van der Waals surface area contributed by atoms with Crippen molar-refractivity contribution in [1.82, 2.24) is 9.80 Å². The van der Waals surface area contributed by atoms with Gasteiger partial charge in [0.05, 0.1) is 19.9 Å². The third-order valence-electron chi connectivity index (χ3n) is 6.42. The van der Waals surface area contributed by atoms with E-state index in [9.17, 15) is 5.11 Å². The van der Waals surface area contributed by atoms with Gasteiger partial charge in [0.25, 0.3) is 0 Å². The first-order valence-electron chi connectivity index (χ1n) is 10.9. The molecule has 0 saturated carbocycles. The van der Waals surface area contributed by atoms with Gasteiger partial charge in [0, 0.05) is 56.9 Å². The fourth-order valence-corrected chi connectivity index (χ4v) is 4.74. The zero-order valence-corrected chi connectivity index (χ0v) is 18.1. The Labute approximate surface area is 179 Å². The second-order valence-electron chi connectivity index (χ2n) is 8.22. The second-order valence-corrected chi connectivity index (χ2v) is 8.22. The van der Waals surface area contributed by atoms with Crippen molar-refractivity contribution in [3.8, 4) is 17.2 Å². The molecule has 2 fully saturated rings. The predicted molar refractivity (Wildman–Crippen MR) is 120 cm³/mol. The summed E-state index contributed by atoms with van der Waals surface area (Å²) < 4.78 is 10.7. The maximum atomic E-state index is 10.3. The fraction of sp³-hybridized carbons (Fsp3) is 0.500. The Morgan fingerprint density at radius 2 is 1.77 bits per heavy atom. The van der Waals surface area contributed by atoms with Gasteiger partial charge in [-0.15, -0.1) is 0 Å². The van der Waals surface area contributed by atoms with Crippen molar-refractivity contribution < 1.29 is 14.6 Å². The summed E-state index contributed by atoms with van der Waals surface area (Å²) in [5.41, 5.74) is 2.16. The first-order valence-corrected chi connectivity index (χ1v) is 10.9. The summed E-state index contributed by atoms with van der Waals surface area (Å²) in [7, 11) is 3.36. The van der Waals surface area contributed by atoms with E-state index in [-0.39, 0.29) is 0 Å². The number of piperazine rings is 1. The van der Waals surface area contributed by atoms with Crippen LogP contribution in [0.1, 0.15) is 18.4 Å². The molecule has 0 aromatic heterocycles. The quantitative estimate of drug-likeness (QED) is 0.788. The molecule has 162 valence electrons. The van der Waals surface area contributed by atoms with Crippen LogP contribution in [0.3, 0.4) is 0 Å². The molecule has 2 aromatic carbocycles. The molecule has 2 aliphatic rings. The SMILES string of the molecule is COc1ccc(CN2CCCC(N3CCN(c4ccccc4OC)CC3)C2)c(O)c1. The van der Waals surface area contributed by atoms with Crippen molar-refractivity contribution in [3.63, 3.8) is 0 Å². The van der Waals surface area contributed by atoms with Crippen molar-refractivity contribution >= 4 is 5.69 Å². The van der Waals surface area contributed by atoms with E-state index in [0.29, 0.717) is 17.5 Å². The molecule has 6 heteroatoms. The number of hydrogen-bond donors (Lipinski definition) is 1. The maximum absolute atomic E-state index is 10.3. The lowest BCUT2D eigenvalue weighted by Crippen LogP contribution is -2.55. The molecule has 0 radical (unpaired) electrons. The van der Waals surface area contributed by atoms with Crippen molar-refractivity contribution in [1.29, 1.82) is 0 Å². The molecule has 4 rings (SSSR count). The highest BCUT2D eigenvalue weighted by Gasteiger charge is 2.29. The van der Waals surface area contributed by atoms with Gasteiger partial charge in [-0.1, -0.05) is 18.2 Å². The van der Waals surface area contributed by atoms with Gasteiger partial charge in [0.2, 0.25) is 0 Å². The maximum Gasteiger partial charge on any atom is 0.142 e. The Kier molecular flexibility index (Phi) is 6.65. The minimum Gasteiger partial charge on any atom is -0.507 e. The Hall–Kier alpha value is -2.44. The van der Waals surface area contributed by atoms with Gasteiger partial charge in [-0.05, 0) is 37.6 Å². The largest absolute Gasteiger partial charge is 0.507 e. The minimum absolute atomic E-state index is 0.321. The molecule has 0 spiro atoms. The Balaban J connectivity index is 1.33. The molecule has 1 unspecified atom stereocenters. The highest BCUT2D eigenvalue weighted by Crippen LogP contribution is 2.30. The predicted octanol–water partition coefficient (Wildman–Crippen LogP) is 3.20. The van der Waals surface area contributed by atoms with Gasteiger partial charge in [-0.25, -0.2) is 0 Å². The second kappa shape index (κ2) is 9.58. The van der Waals surface area contributed by atoms with Gasteiger partial charge in [-0.3, -0.25) is 9.80 Å². The standard InChI is InChI=1S/C24H33N3O3/c1-29-21-10-9-19(23(28)16-21)17-25-11-5-6-20(18-25)26-12-14-27(15-13-26)22-7-3-4-8-24(22)30-2/h3-4,7-10,16,20,28H,5-6,11-15,17-18H2,1-2H3. The monoisotopic (exact) mass is 411 g/mol. The van der Waals surface area contributed by atoms with E-state index >= 15 is 0 Å². The summed E-state index contributed by atoms with van der Waals surface area (Å²) in [6.45, 7) is 7.12. The number of benzene rings is 2. The highest BCUT2D eigenvalue weighted by atomic mass is 16.5. The van der Waals surface area contributed by atoms with E-state index in [1.165, 1.54) is 18.5 Å². The average molecular weight is 412 g/mol. The average Bonchev–Trinajstić information content (AvgIpc) is 2.80. The zero-order chi connectivity index (χ0) is 20.9. The summed E-state index contributed by atoms with van der Waals surface area (Å²) >= 11 is 0. The smallest absolute Gasteiger partial charge is 0.142 e. The van der Waals surface area contributed by atoms with E-state index in [2.05, 4.69) is 26.8 Å². The van der Waals surface area contributed by atoms with Crippen LogP contribution in [-0.2, 0) is 6.54 Å². The molecule has 30 heavy (non-hydrogen) atoms. The summed E-state index contributed by atoms with van der Waals surface area (Å²) in [5, 5.41) is 10.3.